The Hall–Kier alpha value is -3.08. The van der Waals surface area contributed by atoms with Crippen molar-refractivity contribution in [3.63, 3.8) is 0 Å². The summed E-state index contributed by atoms with van der Waals surface area (Å²) >= 11 is 0. The molecule has 5 heteroatoms. The summed E-state index contributed by atoms with van der Waals surface area (Å²) in [6, 6.07) is 17.6. The summed E-state index contributed by atoms with van der Waals surface area (Å²) in [5.74, 6) is 0.183. The van der Waals surface area contributed by atoms with Gasteiger partial charge in [-0.15, -0.1) is 0 Å². The van der Waals surface area contributed by atoms with E-state index in [2.05, 4.69) is 22.4 Å². The van der Waals surface area contributed by atoms with E-state index in [4.69, 9.17) is 5.73 Å². The quantitative estimate of drug-likeness (QED) is 0.373. The van der Waals surface area contributed by atoms with Gasteiger partial charge in [0.05, 0.1) is 5.69 Å². The summed E-state index contributed by atoms with van der Waals surface area (Å²) in [6.07, 6.45) is 3.27. The number of nitrogens with two attached hydrogens (primary N) is 1. The molecule has 0 atom stereocenters. The van der Waals surface area contributed by atoms with Crippen molar-refractivity contribution in [1.29, 1.82) is 0 Å². The lowest BCUT2D eigenvalue weighted by molar-refractivity contribution is -0.337. The van der Waals surface area contributed by atoms with Crippen LogP contribution in [-0.4, -0.2) is 17.0 Å². The third-order valence-electron chi connectivity index (χ3n) is 4.08. The molecule has 0 aliphatic heterocycles. The first-order valence-electron chi connectivity index (χ1n) is 8.98. The number of aliphatic hydroxyl groups excluding tert-OH is 1. The molecule has 2 amide bonds. The maximum Gasteiger partial charge on any atom is 0.438 e. The molecule has 142 valence electrons. The molecule has 5 nitrogen and oxygen atoms in total. The van der Waals surface area contributed by atoms with E-state index in [0.29, 0.717) is 5.69 Å². The fraction of sp³-hybridized carbons (Fsp3) is 0.273. The Kier molecular flexibility index (Phi) is 6.77. The number of rotatable bonds is 5. The molecule has 0 fully saturated rings. The maximum absolute atomic E-state index is 12.0. The van der Waals surface area contributed by atoms with Crippen LogP contribution in [0.4, 0.5) is 10.5 Å². The molecule has 27 heavy (non-hydrogen) atoms. The van der Waals surface area contributed by atoms with E-state index in [-0.39, 0.29) is 11.6 Å². The summed E-state index contributed by atoms with van der Waals surface area (Å²) in [4.78, 5) is 14.5. The summed E-state index contributed by atoms with van der Waals surface area (Å²) in [7, 11) is 0. The average Bonchev–Trinajstić information content (AvgIpc) is 2.61. The molecule has 0 radical (unpaired) electrons. The fourth-order valence-electron chi connectivity index (χ4n) is 2.38. The molecular formula is C22H28N3O2+. The van der Waals surface area contributed by atoms with E-state index in [1.54, 1.807) is 0 Å². The highest BCUT2D eigenvalue weighted by molar-refractivity contribution is 5.92. The number of amides is 2. The number of urea groups is 1. The third kappa shape index (κ3) is 6.98. The highest BCUT2D eigenvalue weighted by Gasteiger charge is 2.17. The Labute approximate surface area is 160 Å². The fourth-order valence-corrected chi connectivity index (χ4v) is 2.38. The molecule has 0 aromatic heterocycles. The highest BCUT2D eigenvalue weighted by atomic mass is 16.3. The van der Waals surface area contributed by atoms with E-state index >= 15 is 0 Å². The average molecular weight is 366 g/mol. The van der Waals surface area contributed by atoms with E-state index in [9.17, 15) is 9.90 Å². The number of hydrogen-bond donors (Lipinski definition) is 4. The van der Waals surface area contributed by atoms with Crippen LogP contribution >= 0.6 is 0 Å². The van der Waals surface area contributed by atoms with Gasteiger partial charge in [0.15, 0.2) is 0 Å². The minimum absolute atomic E-state index is 0.0828. The highest BCUT2D eigenvalue weighted by Crippen LogP contribution is 2.21. The Morgan fingerprint density at radius 1 is 1.04 bits per heavy atom. The first-order valence-corrected chi connectivity index (χ1v) is 8.98. The molecule has 2 rings (SSSR count). The monoisotopic (exact) mass is 366 g/mol. The van der Waals surface area contributed by atoms with Gasteiger partial charge in [0.1, 0.15) is 5.76 Å². The lowest BCUT2D eigenvalue weighted by Crippen LogP contribution is -2.80. The van der Waals surface area contributed by atoms with Gasteiger partial charge >= 0.3 is 6.03 Å². The zero-order chi connectivity index (χ0) is 19.9. The molecule has 5 N–H and O–H groups in total. The number of amidine groups is 1. The van der Waals surface area contributed by atoms with Crippen LogP contribution in [0.25, 0.3) is 0 Å². The molecule has 0 spiro atoms. The summed E-state index contributed by atoms with van der Waals surface area (Å²) < 4.78 is 0. The number of anilines is 1. The van der Waals surface area contributed by atoms with Gasteiger partial charge in [-0.05, 0) is 36.1 Å². The largest absolute Gasteiger partial charge is 0.512 e. The number of nitrogens with one attached hydrogen (secondary N) is 2. The van der Waals surface area contributed by atoms with Gasteiger partial charge in [0, 0.05) is 11.5 Å². The number of allylic oxidation sites excluding steroid dienone is 1. The van der Waals surface area contributed by atoms with Crippen molar-refractivity contribution in [3.05, 3.63) is 77.6 Å². The Morgan fingerprint density at radius 2 is 1.59 bits per heavy atom. The van der Waals surface area contributed by atoms with Crippen LogP contribution in [0.5, 0.6) is 0 Å². The smallest absolute Gasteiger partial charge is 0.438 e. The van der Waals surface area contributed by atoms with Crippen molar-refractivity contribution in [2.75, 3.05) is 5.32 Å². The van der Waals surface area contributed by atoms with E-state index < -0.39 is 11.4 Å². The maximum atomic E-state index is 12.0. The van der Waals surface area contributed by atoms with Gasteiger partial charge in [0.2, 0.25) is 5.84 Å². The minimum Gasteiger partial charge on any atom is -0.512 e. The Morgan fingerprint density at radius 3 is 2.15 bits per heavy atom. The zero-order valence-corrected chi connectivity index (χ0v) is 16.1. The normalized spacial score (nSPS) is 12.7. The van der Waals surface area contributed by atoms with Gasteiger partial charge in [-0.1, -0.05) is 63.2 Å². The van der Waals surface area contributed by atoms with Crippen LogP contribution in [-0.2, 0) is 12.8 Å². The van der Waals surface area contributed by atoms with E-state index in [1.165, 1.54) is 17.2 Å². The van der Waals surface area contributed by atoms with Crippen molar-refractivity contribution >= 4 is 17.6 Å². The van der Waals surface area contributed by atoms with E-state index in [0.717, 1.165) is 12.8 Å². The molecular weight excluding hydrogens is 338 g/mol. The first-order chi connectivity index (χ1) is 12.7. The molecule has 0 saturated carbocycles. The first kappa shape index (κ1) is 20.2. The van der Waals surface area contributed by atoms with Crippen molar-refractivity contribution in [1.82, 2.24) is 0 Å². The van der Waals surface area contributed by atoms with Crippen molar-refractivity contribution < 1.29 is 14.9 Å². The van der Waals surface area contributed by atoms with Gasteiger partial charge in [-0.2, -0.15) is 0 Å². The number of carbonyl (C=O) groups is 1. The van der Waals surface area contributed by atoms with Crippen LogP contribution in [0.1, 0.15) is 31.9 Å². The van der Waals surface area contributed by atoms with Gasteiger partial charge in [-0.25, -0.2) is 15.1 Å². The van der Waals surface area contributed by atoms with E-state index in [1.807, 2.05) is 63.2 Å². The predicted molar refractivity (Wildman–Crippen MR) is 110 cm³/mol. The summed E-state index contributed by atoms with van der Waals surface area (Å²) in [6.45, 7) is 5.56. The Balaban J connectivity index is 1.91. The molecule has 2 aromatic rings. The zero-order valence-electron chi connectivity index (χ0n) is 16.1. The molecule has 0 saturated heterocycles. The van der Waals surface area contributed by atoms with Crippen molar-refractivity contribution in [2.45, 2.75) is 33.6 Å². The molecule has 0 aliphatic carbocycles. The summed E-state index contributed by atoms with van der Waals surface area (Å²) in [5.41, 5.74) is 8.50. The second-order valence-electron chi connectivity index (χ2n) is 7.50. The van der Waals surface area contributed by atoms with Crippen molar-refractivity contribution in [2.24, 2.45) is 11.1 Å². The SMILES string of the molecule is CC(C)(C)/C(O)=C/C(N)=[NH+]\C(=O)Nc1ccc(CCc2ccccc2)cc1. The molecule has 0 aliphatic rings. The second kappa shape index (κ2) is 9.03. The molecule has 0 unspecified atom stereocenters. The third-order valence-corrected chi connectivity index (χ3v) is 4.08. The van der Waals surface area contributed by atoms with Crippen LogP contribution in [0.2, 0.25) is 0 Å². The van der Waals surface area contributed by atoms with Crippen LogP contribution < -0.4 is 16.0 Å². The number of hydrogen-bond acceptors (Lipinski definition) is 2. The lowest BCUT2D eigenvalue weighted by Gasteiger charge is -2.16. The Bertz CT molecular complexity index is 817. The number of benzene rings is 2. The van der Waals surface area contributed by atoms with Gasteiger partial charge in [0.25, 0.3) is 0 Å². The van der Waals surface area contributed by atoms with Crippen LogP contribution in [0.3, 0.4) is 0 Å². The summed E-state index contributed by atoms with van der Waals surface area (Å²) in [5, 5.41) is 12.6. The molecule has 0 heterocycles. The minimum atomic E-state index is -0.456. The van der Waals surface area contributed by atoms with Crippen LogP contribution in [0, 0.1) is 5.41 Å². The van der Waals surface area contributed by atoms with Crippen molar-refractivity contribution in [3.8, 4) is 0 Å². The standard InChI is InChI=1S/C22H27N3O2/c1-22(2,3)19(26)15-20(23)25-21(27)24-18-13-11-17(12-14-18)10-9-16-7-5-4-6-8-16/h4-8,11-15,26H,9-10H2,1-3H3,(H3,23,24,25,27)/p+1/b19-15-. The number of aryl methyl sites for hydroxylation is 2. The molecule has 0 bridgehead atoms. The lowest BCUT2D eigenvalue weighted by atomic mass is 9.93. The van der Waals surface area contributed by atoms with Gasteiger partial charge < -0.3 is 10.8 Å². The molecule has 2 aromatic carbocycles. The predicted octanol–water partition coefficient (Wildman–Crippen LogP) is 2.93. The van der Waals surface area contributed by atoms with Gasteiger partial charge in [-0.3, -0.25) is 0 Å². The number of aliphatic hydroxyl groups is 1. The van der Waals surface area contributed by atoms with Crippen LogP contribution in [0.15, 0.2) is 66.4 Å². The number of carbonyl (C=O) groups excluding carboxylic acids is 1. The topological polar surface area (TPSA) is 89.3 Å². The second-order valence-corrected chi connectivity index (χ2v) is 7.50.